The van der Waals surface area contributed by atoms with Gasteiger partial charge in [0.2, 0.25) is 0 Å². The summed E-state index contributed by atoms with van der Waals surface area (Å²) < 4.78 is 0. The van der Waals surface area contributed by atoms with Crippen LogP contribution in [-0.2, 0) is 4.79 Å². The predicted molar refractivity (Wildman–Crippen MR) is 79.0 cm³/mol. The van der Waals surface area contributed by atoms with E-state index in [1.165, 1.54) is 0 Å². The normalized spacial score (nSPS) is 11.8. The van der Waals surface area contributed by atoms with Crippen molar-refractivity contribution in [2.45, 2.75) is 6.92 Å². The first-order valence-electron chi connectivity index (χ1n) is 5.58. The standard InChI is InChI=1S/C16H13ClO/c1-10(9-18)8-15-11(2)13-6-4-5-7-14(13)12(3)16(15)17/h4-9H,2-3H2,1H3/b10-8-. The number of benzene rings is 2. The second-order valence-electron chi connectivity index (χ2n) is 4.24. The van der Waals surface area contributed by atoms with Gasteiger partial charge in [0.05, 0.1) is 5.02 Å². The van der Waals surface area contributed by atoms with Crippen LogP contribution in [0.15, 0.2) is 29.8 Å². The Hall–Kier alpha value is -1.86. The van der Waals surface area contributed by atoms with Gasteiger partial charge >= 0.3 is 0 Å². The van der Waals surface area contributed by atoms with Gasteiger partial charge in [-0.05, 0) is 39.8 Å². The molecule has 0 fully saturated rings. The lowest BCUT2D eigenvalue weighted by Crippen LogP contribution is -2.15. The van der Waals surface area contributed by atoms with E-state index in [4.69, 9.17) is 11.6 Å². The van der Waals surface area contributed by atoms with E-state index in [0.29, 0.717) is 10.6 Å². The van der Waals surface area contributed by atoms with Crippen LogP contribution in [0, 0.1) is 0 Å². The van der Waals surface area contributed by atoms with Crippen molar-refractivity contribution in [3.05, 3.63) is 50.9 Å². The lowest BCUT2D eigenvalue weighted by Gasteiger charge is -2.07. The second-order valence-corrected chi connectivity index (χ2v) is 4.61. The molecule has 0 aliphatic carbocycles. The number of halogens is 1. The number of aldehydes is 1. The van der Waals surface area contributed by atoms with Crippen LogP contribution in [0.3, 0.4) is 0 Å². The molecular weight excluding hydrogens is 244 g/mol. The third-order valence-electron chi connectivity index (χ3n) is 2.96. The highest BCUT2D eigenvalue weighted by molar-refractivity contribution is 6.33. The first-order valence-corrected chi connectivity index (χ1v) is 5.95. The summed E-state index contributed by atoms with van der Waals surface area (Å²) in [4.78, 5) is 10.7. The fourth-order valence-corrected chi connectivity index (χ4v) is 2.25. The van der Waals surface area contributed by atoms with Crippen molar-refractivity contribution >= 4 is 47.9 Å². The molecule has 0 heterocycles. The summed E-state index contributed by atoms with van der Waals surface area (Å²) in [5.41, 5.74) is 1.38. The smallest absolute Gasteiger partial charge is 0.145 e. The summed E-state index contributed by atoms with van der Waals surface area (Å²) >= 11 is 6.32. The molecule has 0 aliphatic rings. The number of carbonyl (C=O) groups is 1. The topological polar surface area (TPSA) is 17.1 Å². The van der Waals surface area contributed by atoms with Crippen LogP contribution in [0.25, 0.3) is 30.0 Å². The van der Waals surface area contributed by atoms with Crippen LogP contribution in [-0.4, -0.2) is 6.29 Å². The molecule has 1 nitrogen and oxygen atoms in total. The van der Waals surface area contributed by atoms with E-state index in [1.54, 1.807) is 13.0 Å². The molecule has 0 unspecified atom stereocenters. The molecule has 0 aliphatic heterocycles. The molecule has 0 spiro atoms. The first-order chi connectivity index (χ1) is 8.56. The van der Waals surface area contributed by atoms with Gasteiger partial charge in [0, 0.05) is 5.56 Å². The zero-order valence-electron chi connectivity index (χ0n) is 10.2. The van der Waals surface area contributed by atoms with Crippen LogP contribution in [0.2, 0.25) is 5.02 Å². The largest absolute Gasteiger partial charge is 0.298 e. The van der Waals surface area contributed by atoms with Crippen molar-refractivity contribution in [2.24, 2.45) is 0 Å². The van der Waals surface area contributed by atoms with Crippen molar-refractivity contribution in [1.82, 2.24) is 0 Å². The molecule has 0 N–H and O–H groups in total. The van der Waals surface area contributed by atoms with E-state index in [2.05, 4.69) is 13.2 Å². The third-order valence-corrected chi connectivity index (χ3v) is 3.39. The molecule has 0 amide bonds. The zero-order valence-corrected chi connectivity index (χ0v) is 10.9. The zero-order chi connectivity index (χ0) is 13.3. The Balaban J connectivity index is 2.97. The minimum atomic E-state index is 0.555. The van der Waals surface area contributed by atoms with Crippen molar-refractivity contribution in [1.29, 1.82) is 0 Å². The SMILES string of the molecule is C=c1c(Cl)c(/C=C(/C)C=O)c(=C)c2ccccc12. The molecule has 0 bridgehead atoms. The van der Waals surface area contributed by atoms with E-state index < -0.39 is 0 Å². The van der Waals surface area contributed by atoms with Crippen LogP contribution in [0.4, 0.5) is 0 Å². The predicted octanol–water partition coefficient (Wildman–Crippen LogP) is 2.92. The average molecular weight is 257 g/mol. The summed E-state index contributed by atoms with van der Waals surface area (Å²) in [6, 6.07) is 7.85. The van der Waals surface area contributed by atoms with Gasteiger partial charge in [-0.3, -0.25) is 4.79 Å². The number of fused-ring (bicyclic) bond motifs is 1. The van der Waals surface area contributed by atoms with Crippen molar-refractivity contribution in [2.75, 3.05) is 0 Å². The number of hydrogen-bond donors (Lipinski definition) is 0. The van der Waals surface area contributed by atoms with Gasteiger partial charge in [-0.25, -0.2) is 0 Å². The molecule has 0 saturated heterocycles. The Bertz CT molecular complexity index is 757. The lowest BCUT2D eigenvalue weighted by molar-refractivity contribution is -0.104. The monoisotopic (exact) mass is 256 g/mol. The minimum Gasteiger partial charge on any atom is -0.298 e. The summed E-state index contributed by atoms with van der Waals surface area (Å²) in [6.45, 7) is 9.81. The maximum Gasteiger partial charge on any atom is 0.145 e. The van der Waals surface area contributed by atoms with E-state index in [0.717, 1.165) is 33.1 Å². The van der Waals surface area contributed by atoms with E-state index >= 15 is 0 Å². The molecule has 2 aromatic rings. The highest BCUT2D eigenvalue weighted by Gasteiger charge is 2.06. The van der Waals surface area contributed by atoms with Crippen LogP contribution >= 0.6 is 11.6 Å². The Kier molecular flexibility index (Phi) is 3.35. The molecular formula is C16H13ClO. The van der Waals surface area contributed by atoms with Gasteiger partial charge < -0.3 is 0 Å². The molecule has 2 rings (SSSR count). The van der Waals surface area contributed by atoms with Crippen LogP contribution in [0.1, 0.15) is 12.5 Å². The van der Waals surface area contributed by atoms with E-state index in [1.807, 2.05) is 24.3 Å². The minimum absolute atomic E-state index is 0.555. The summed E-state index contributed by atoms with van der Waals surface area (Å²) in [6.07, 6.45) is 2.55. The van der Waals surface area contributed by atoms with Gasteiger partial charge in [-0.15, -0.1) is 0 Å². The second kappa shape index (κ2) is 4.79. The molecule has 2 heteroatoms. The molecule has 2 aromatic carbocycles. The van der Waals surface area contributed by atoms with Gasteiger partial charge in [0.1, 0.15) is 6.29 Å². The molecule has 0 aromatic heterocycles. The molecule has 0 radical (unpaired) electrons. The Labute approximate surface area is 111 Å². The van der Waals surface area contributed by atoms with Gasteiger partial charge in [0.15, 0.2) is 0 Å². The highest BCUT2D eigenvalue weighted by Crippen LogP contribution is 2.16. The summed E-state index contributed by atoms with van der Waals surface area (Å²) in [5.74, 6) is 0. The molecule has 18 heavy (non-hydrogen) atoms. The van der Waals surface area contributed by atoms with Gasteiger partial charge in [-0.2, -0.15) is 0 Å². The Morgan fingerprint density at radius 2 is 1.72 bits per heavy atom. The van der Waals surface area contributed by atoms with E-state index in [9.17, 15) is 4.79 Å². The number of allylic oxidation sites excluding steroid dienone is 1. The number of rotatable bonds is 2. The van der Waals surface area contributed by atoms with Crippen molar-refractivity contribution < 1.29 is 4.79 Å². The maximum atomic E-state index is 10.7. The molecule has 0 atom stereocenters. The molecule has 90 valence electrons. The quantitative estimate of drug-likeness (QED) is 0.597. The van der Waals surface area contributed by atoms with Gasteiger partial charge in [-0.1, -0.05) is 49.0 Å². The van der Waals surface area contributed by atoms with Gasteiger partial charge in [0.25, 0.3) is 0 Å². The Morgan fingerprint density at radius 1 is 1.17 bits per heavy atom. The summed E-state index contributed by atoms with van der Waals surface area (Å²) in [7, 11) is 0. The van der Waals surface area contributed by atoms with Crippen molar-refractivity contribution in [3.8, 4) is 0 Å². The Morgan fingerprint density at radius 3 is 2.28 bits per heavy atom. The molecule has 0 saturated carbocycles. The number of hydrogen-bond acceptors (Lipinski definition) is 1. The van der Waals surface area contributed by atoms with Crippen LogP contribution in [0.5, 0.6) is 0 Å². The highest BCUT2D eigenvalue weighted by atomic mass is 35.5. The first kappa shape index (κ1) is 12.6. The average Bonchev–Trinajstić information content (AvgIpc) is 2.40. The number of carbonyl (C=O) groups excluding carboxylic acids is 1. The van der Waals surface area contributed by atoms with Crippen LogP contribution < -0.4 is 10.4 Å². The fraction of sp³-hybridized carbons (Fsp3) is 0.0625. The van der Waals surface area contributed by atoms with Crippen molar-refractivity contribution in [3.63, 3.8) is 0 Å². The fourth-order valence-electron chi connectivity index (χ4n) is 1.98. The third kappa shape index (κ3) is 1.98. The maximum absolute atomic E-state index is 10.7. The summed E-state index contributed by atoms with van der Waals surface area (Å²) in [5, 5.41) is 4.15. The lowest BCUT2D eigenvalue weighted by atomic mass is 10.0. The van der Waals surface area contributed by atoms with E-state index in [-0.39, 0.29) is 0 Å².